The summed E-state index contributed by atoms with van der Waals surface area (Å²) in [6.07, 6.45) is 1.80. The maximum absolute atomic E-state index is 9.83. The Balaban J connectivity index is 2.82. The van der Waals surface area contributed by atoms with Crippen molar-refractivity contribution in [1.29, 1.82) is 0 Å². The third-order valence-corrected chi connectivity index (χ3v) is 2.58. The van der Waals surface area contributed by atoms with Gasteiger partial charge in [-0.2, -0.15) is 0 Å². The SMILES string of the molecule is CCN(CC(C)(C)O)c1ccc([C@@H](C)N)cn1. The van der Waals surface area contributed by atoms with Crippen molar-refractivity contribution in [1.82, 2.24) is 4.98 Å². The maximum atomic E-state index is 9.83. The highest BCUT2D eigenvalue weighted by Gasteiger charge is 2.18. The smallest absolute Gasteiger partial charge is 0.128 e. The molecule has 0 aromatic carbocycles. The average molecular weight is 237 g/mol. The lowest BCUT2D eigenvalue weighted by molar-refractivity contribution is 0.0874. The molecule has 0 fully saturated rings. The molecule has 0 aliphatic heterocycles. The van der Waals surface area contributed by atoms with Crippen molar-refractivity contribution >= 4 is 5.82 Å². The van der Waals surface area contributed by atoms with E-state index in [-0.39, 0.29) is 6.04 Å². The first kappa shape index (κ1) is 13.9. The summed E-state index contributed by atoms with van der Waals surface area (Å²) in [6.45, 7) is 8.96. The summed E-state index contributed by atoms with van der Waals surface area (Å²) in [7, 11) is 0. The molecule has 0 radical (unpaired) electrons. The second-order valence-electron chi connectivity index (χ2n) is 5.07. The molecule has 0 bridgehead atoms. The molecule has 1 heterocycles. The van der Waals surface area contributed by atoms with E-state index in [2.05, 4.69) is 4.98 Å². The Labute approximate surface area is 103 Å². The number of hydrogen-bond donors (Lipinski definition) is 2. The topological polar surface area (TPSA) is 62.4 Å². The molecule has 4 nitrogen and oxygen atoms in total. The van der Waals surface area contributed by atoms with Gasteiger partial charge in [-0.15, -0.1) is 0 Å². The van der Waals surface area contributed by atoms with Crippen molar-refractivity contribution in [3.63, 3.8) is 0 Å². The summed E-state index contributed by atoms with van der Waals surface area (Å²) in [6, 6.07) is 3.94. The Kier molecular flexibility index (Phi) is 4.48. The molecule has 0 amide bonds. The molecule has 3 N–H and O–H groups in total. The van der Waals surface area contributed by atoms with Crippen molar-refractivity contribution < 1.29 is 5.11 Å². The monoisotopic (exact) mass is 237 g/mol. The van der Waals surface area contributed by atoms with Crippen LogP contribution in [0.1, 0.15) is 39.3 Å². The normalized spacial score (nSPS) is 13.5. The number of hydrogen-bond acceptors (Lipinski definition) is 4. The largest absolute Gasteiger partial charge is 0.389 e. The van der Waals surface area contributed by atoms with Crippen LogP contribution in [0.25, 0.3) is 0 Å². The number of likely N-dealkylation sites (N-methyl/N-ethyl adjacent to an activating group) is 1. The minimum atomic E-state index is -0.725. The highest BCUT2D eigenvalue weighted by atomic mass is 16.3. The van der Waals surface area contributed by atoms with Gasteiger partial charge in [0.15, 0.2) is 0 Å². The number of nitrogens with two attached hydrogens (primary N) is 1. The number of nitrogens with zero attached hydrogens (tertiary/aromatic N) is 2. The first-order valence-corrected chi connectivity index (χ1v) is 6.02. The predicted octanol–water partition coefficient (Wildman–Crippen LogP) is 1.70. The van der Waals surface area contributed by atoms with Crippen molar-refractivity contribution in [2.75, 3.05) is 18.0 Å². The number of anilines is 1. The van der Waals surface area contributed by atoms with E-state index in [0.29, 0.717) is 6.54 Å². The second-order valence-corrected chi connectivity index (χ2v) is 5.07. The van der Waals surface area contributed by atoms with E-state index in [9.17, 15) is 5.11 Å². The first-order chi connectivity index (χ1) is 7.83. The van der Waals surface area contributed by atoms with Gasteiger partial charge in [0.05, 0.1) is 5.60 Å². The van der Waals surface area contributed by atoms with Crippen LogP contribution in [0.4, 0.5) is 5.82 Å². The maximum Gasteiger partial charge on any atom is 0.128 e. The lowest BCUT2D eigenvalue weighted by Crippen LogP contribution is -2.39. The molecule has 0 aliphatic carbocycles. The fraction of sp³-hybridized carbons (Fsp3) is 0.615. The van der Waals surface area contributed by atoms with Gasteiger partial charge in [-0.05, 0) is 39.3 Å². The molecule has 0 saturated heterocycles. The van der Waals surface area contributed by atoms with Crippen LogP contribution in [-0.2, 0) is 0 Å². The summed E-state index contributed by atoms with van der Waals surface area (Å²) in [5.74, 6) is 0.874. The molecule has 1 atom stereocenters. The zero-order chi connectivity index (χ0) is 13.1. The van der Waals surface area contributed by atoms with Crippen molar-refractivity contribution in [3.8, 4) is 0 Å². The Morgan fingerprint density at radius 1 is 1.47 bits per heavy atom. The van der Waals surface area contributed by atoms with E-state index >= 15 is 0 Å². The van der Waals surface area contributed by atoms with Gasteiger partial charge in [0.2, 0.25) is 0 Å². The second kappa shape index (κ2) is 5.47. The van der Waals surface area contributed by atoms with Gasteiger partial charge < -0.3 is 15.7 Å². The number of pyridine rings is 1. The van der Waals surface area contributed by atoms with Gasteiger partial charge in [0, 0.05) is 25.3 Å². The van der Waals surface area contributed by atoms with Gasteiger partial charge in [-0.25, -0.2) is 4.98 Å². The molecule has 0 spiro atoms. The van der Waals surface area contributed by atoms with Crippen LogP contribution in [-0.4, -0.2) is 28.8 Å². The third-order valence-electron chi connectivity index (χ3n) is 2.58. The summed E-state index contributed by atoms with van der Waals surface area (Å²) in [4.78, 5) is 6.44. The molecule has 0 saturated carbocycles. The van der Waals surface area contributed by atoms with Gasteiger partial charge >= 0.3 is 0 Å². The van der Waals surface area contributed by atoms with Crippen molar-refractivity contribution in [3.05, 3.63) is 23.9 Å². The Morgan fingerprint density at radius 3 is 2.47 bits per heavy atom. The van der Waals surface area contributed by atoms with Crippen LogP contribution < -0.4 is 10.6 Å². The van der Waals surface area contributed by atoms with Gasteiger partial charge in [0.1, 0.15) is 5.82 Å². The molecule has 1 aromatic rings. The summed E-state index contributed by atoms with van der Waals surface area (Å²) < 4.78 is 0. The molecule has 1 aromatic heterocycles. The average Bonchev–Trinajstić information content (AvgIpc) is 2.25. The highest BCUT2D eigenvalue weighted by Crippen LogP contribution is 2.16. The van der Waals surface area contributed by atoms with Gasteiger partial charge in [-0.3, -0.25) is 0 Å². The molecule has 1 rings (SSSR count). The summed E-state index contributed by atoms with van der Waals surface area (Å²) >= 11 is 0. The number of aromatic nitrogens is 1. The zero-order valence-corrected chi connectivity index (χ0v) is 11.1. The minimum Gasteiger partial charge on any atom is -0.389 e. The third kappa shape index (κ3) is 4.32. The van der Waals surface area contributed by atoms with Crippen LogP contribution in [0.2, 0.25) is 0 Å². The van der Waals surface area contributed by atoms with Crippen LogP contribution in [0.5, 0.6) is 0 Å². The lowest BCUT2D eigenvalue weighted by atomic mass is 10.1. The Morgan fingerprint density at radius 2 is 2.12 bits per heavy atom. The highest BCUT2D eigenvalue weighted by molar-refractivity contribution is 5.40. The fourth-order valence-electron chi connectivity index (χ4n) is 1.68. The number of aliphatic hydroxyl groups is 1. The van der Waals surface area contributed by atoms with Crippen LogP contribution >= 0.6 is 0 Å². The Bertz CT molecular complexity index is 341. The molecule has 96 valence electrons. The Hall–Kier alpha value is -1.13. The zero-order valence-electron chi connectivity index (χ0n) is 11.1. The summed E-state index contributed by atoms with van der Waals surface area (Å²) in [5.41, 5.74) is 6.08. The standard InChI is InChI=1S/C13H23N3O/c1-5-16(9-13(3,4)17)12-7-6-11(8-15-12)10(2)14/h6-8,10,17H,5,9,14H2,1-4H3/t10-/m1/s1. The van der Waals surface area contributed by atoms with E-state index in [4.69, 9.17) is 5.73 Å². The van der Waals surface area contributed by atoms with Gasteiger partial charge in [-0.1, -0.05) is 6.07 Å². The lowest BCUT2D eigenvalue weighted by Gasteiger charge is -2.29. The van der Waals surface area contributed by atoms with Crippen molar-refractivity contribution in [2.24, 2.45) is 5.73 Å². The van der Waals surface area contributed by atoms with Crippen LogP contribution in [0.3, 0.4) is 0 Å². The quantitative estimate of drug-likeness (QED) is 0.818. The fourth-order valence-corrected chi connectivity index (χ4v) is 1.68. The van der Waals surface area contributed by atoms with Crippen LogP contribution in [0, 0.1) is 0 Å². The molecular formula is C13H23N3O. The van der Waals surface area contributed by atoms with E-state index in [1.165, 1.54) is 0 Å². The summed E-state index contributed by atoms with van der Waals surface area (Å²) in [5, 5.41) is 9.83. The van der Waals surface area contributed by atoms with E-state index in [1.54, 1.807) is 20.0 Å². The molecular weight excluding hydrogens is 214 g/mol. The minimum absolute atomic E-state index is 0.000842. The van der Waals surface area contributed by atoms with Crippen molar-refractivity contribution in [2.45, 2.75) is 39.3 Å². The van der Waals surface area contributed by atoms with E-state index < -0.39 is 5.60 Å². The van der Waals surface area contributed by atoms with Gasteiger partial charge in [0.25, 0.3) is 0 Å². The molecule has 0 aliphatic rings. The molecule has 17 heavy (non-hydrogen) atoms. The van der Waals surface area contributed by atoms with E-state index in [1.807, 2.05) is 30.9 Å². The first-order valence-electron chi connectivity index (χ1n) is 6.02. The predicted molar refractivity (Wildman–Crippen MR) is 71.0 cm³/mol. The van der Waals surface area contributed by atoms with E-state index in [0.717, 1.165) is 17.9 Å². The molecule has 4 heteroatoms. The van der Waals surface area contributed by atoms with Crippen LogP contribution in [0.15, 0.2) is 18.3 Å². The number of rotatable bonds is 5. The molecule has 0 unspecified atom stereocenters.